The molecule has 0 fully saturated rings. The van der Waals surface area contributed by atoms with Crippen molar-refractivity contribution in [1.82, 2.24) is 9.97 Å². The zero-order chi connectivity index (χ0) is 13.5. The highest BCUT2D eigenvalue weighted by Gasteiger charge is 2.26. The molecule has 4 rings (SSSR count). The molecule has 1 aliphatic rings. The van der Waals surface area contributed by atoms with E-state index in [0.717, 1.165) is 18.2 Å². The summed E-state index contributed by atoms with van der Waals surface area (Å²) in [5.74, 6) is 1.99. The minimum Gasteiger partial charge on any atom is -0.310 e. The molecule has 0 unspecified atom stereocenters. The summed E-state index contributed by atoms with van der Waals surface area (Å²) < 4.78 is 0. The van der Waals surface area contributed by atoms with E-state index in [0.29, 0.717) is 0 Å². The molecule has 0 N–H and O–H groups in total. The molecule has 0 aliphatic carbocycles. The van der Waals surface area contributed by atoms with E-state index in [2.05, 4.69) is 45.4 Å². The summed E-state index contributed by atoms with van der Waals surface area (Å²) in [6.07, 6.45) is 3.70. The molecular weight excluding hydrogens is 266 g/mol. The van der Waals surface area contributed by atoms with Crippen LogP contribution in [0.15, 0.2) is 48.1 Å². The fourth-order valence-corrected chi connectivity index (χ4v) is 3.67. The van der Waals surface area contributed by atoms with Crippen molar-refractivity contribution in [3.8, 4) is 21.6 Å². The first-order valence-electron chi connectivity index (χ1n) is 6.66. The number of anilines is 2. The van der Waals surface area contributed by atoms with Gasteiger partial charge in [-0.3, -0.25) is 0 Å². The van der Waals surface area contributed by atoms with E-state index in [4.69, 9.17) is 0 Å². The number of aromatic nitrogens is 2. The van der Waals surface area contributed by atoms with Crippen LogP contribution in [-0.4, -0.2) is 16.5 Å². The van der Waals surface area contributed by atoms with Crippen molar-refractivity contribution in [3.63, 3.8) is 0 Å². The van der Waals surface area contributed by atoms with Crippen molar-refractivity contribution >= 4 is 23.0 Å². The summed E-state index contributed by atoms with van der Waals surface area (Å²) in [5.41, 5.74) is 3.63. The van der Waals surface area contributed by atoms with Gasteiger partial charge >= 0.3 is 0 Å². The average Bonchev–Trinajstić information content (AvgIpc) is 2.95. The van der Waals surface area contributed by atoms with Crippen LogP contribution in [0.1, 0.15) is 6.92 Å². The molecule has 0 saturated carbocycles. The molecule has 0 spiro atoms. The fourth-order valence-electron chi connectivity index (χ4n) is 2.74. The zero-order valence-electron chi connectivity index (χ0n) is 11.1. The maximum atomic E-state index is 4.60. The van der Waals surface area contributed by atoms with Crippen molar-refractivity contribution in [2.45, 2.75) is 6.92 Å². The van der Waals surface area contributed by atoms with Crippen LogP contribution >= 0.6 is 11.3 Å². The summed E-state index contributed by atoms with van der Waals surface area (Å²) in [5, 5.41) is 2.14. The standard InChI is InChI=1S/C16H13N3S/c1-2-19-15-12(5-3-8-17-15)11-7-10-20-14(11)13-6-4-9-18-16(13)19/h3-10H,2H2,1H3. The van der Waals surface area contributed by atoms with Gasteiger partial charge in [-0.05, 0) is 42.6 Å². The van der Waals surface area contributed by atoms with Crippen LogP contribution in [0.3, 0.4) is 0 Å². The molecule has 0 amide bonds. The summed E-state index contributed by atoms with van der Waals surface area (Å²) in [7, 11) is 0. The Kier molecular flexibility index (Phi) is 2.57. The van der Waals surface area contributed by atoms with Gasteiger partial charge in [0.15, 0.2) is 0 Å². The molecule has 1 aliphatic heterocycles. The second-order valence-corrected chi connectivity index (χ2v) is 5.57. The second-order valence-electron chi connectivity index (χ2n) is 4.66. The summed E-state index contributed by atoms with van der Waals surface area (Å²) in [4.78, 5) is 12.7. The largest absolute Gasteiger partial charge is 0.310 e. The van der Waals surface area contributed by atoms with E-state index in [1.807, 2.05) is 24.5 Å². The maximum Gasteiger partial charge on any atom is 0.142 e. The second kappa shape index (κ2) is 4.42. The van der Waals surface area contributed by atoms with Crippen LogP contribution in [0.4, 0.5) is 11.6 Å². The van der Waals surface area contributed by atoms with Crippen LogP contribution in [0, 0.1) is 0 Å². The molecule has 20 heavy (non-hydrogen) atoms. The number of rotatable bonds is 1. The smallest absolute Gasteiger partial charge is 0.142 e. The minimum atomic E-state index is 0.850. The lowest BCUT2D eigenvalue weighted by Gasteiger charge is -2.22. The number of fused-ring (bicyclic) bond motifs is 5. The third-order valence-corrected chi connectivity index (χ3v) is 4.55. The molecule has 4 heterocycles. The third-order valence-electron chi connectivity index (χ3n) is 3.60. The Labute approximate surface area is 121 Å². The molecule has 0 atom stereocenters. The summed E-state index contributed by atoms with van der Waals surface area (Å²) >= 11 is 1.76. The average molecular weight is 279 g/mol. The van der Waals surface area contributed by atoms with Gasteiger partial charge in [0.05, 0.1) is 0 Å². The van der Waals surface area contributed by atoms with Crippen molar-refractivity contribution < 1.29 is 0 Å². The lowest BCUT2D eigenvalue weighted by atomic mass is 10.1. The van der Waals surface area contributed by atoms with E-state index in [-0.39, 0.29) is 0 Å². The van der Waals surface area contributed by atoms with Gasteiger partial charge in [0, 0.05) is 40.5 Å². The van der Waals surface area contributed by atoms with Crippen LogP contribution in [0.25, 0.3) is 21.6 Å². The van der Waals surface area contributed by atoms with E-state index in [9.17, 15) is 0 Å². The first-order valence-corrected chi connectivity index (χ1v) is 7.54. The van der Waals surface area contributed by atoms with Gasteiger partial charge in [-0.1, -0.05) is 0 Å². The van der Waals surface area contributed by atoms with Gasteiger partial charge < -0.3 is 4.90 Å². The monoisotopic (exact) mass is 279 g/mol. The zero-order valence-corrected chi connectivity index (χ0v) is 11.9. The van der Waals surface area contributed by atoms with E-state index in [1.54, 1.807) is 11.3 Å². The number of nitrogens with zero attached hydrogens (tertiary/aromatic N) is 3. The van der Waals surface area contributed by atoms with Crippen LogP contribution < -0.4 is 4.90 Å². The van der Waals surface area contributed by atoms with E-state index < -0.39 is 0 Å². The van der Waals surface area contributed by atoms with Crippen molar-refractivity contribution in [3.05, 3.63) is 48.1 Å². The maximum absolute atomic E-state index is 4.60. The lowest BCUT2D eigenvalue weighted by Crippen LogP contribution is -2.19. The Morgan fingerprint density at radius 1 is 0.950 bits per heavy atom. The van der Waals surface area contributed by atoms with Gasteiger partial charge in [-0.15, -0.1) is 11.3 Å². The predicted octanol–water partition coefficient (Wildman–Crippen LogP) is 4.34. The normalized spacial score (nSPS) is 12.3. The molecule has 3 aromatic heterocycles. The molecular formula is C16H13N3S. The fraction of sp³-hybridized carbons (Fsp3) is 0.125. The Morgan fingerprint density at radius 2 is 1.65 bits per heavy atom. The topological polar surface area (TPSA) is 29.0 Å². The van der Waals surface area contributed by atoms with Crippen molar-refractivity contribution in [1.29, 1.82) is 0 Å². The van der Waals surface area contributed by atoms with Crippen LogP contribution in [0.2, 0.25) is 0 Å². The third kappa shape index (κ3) is 1.51. The summed E-state index contributed by atoms with van der Waals surface area (Å²) in [6, 6.07) is 10.5. The van der Waals surface area contributed by atoms with Gasteiger partial charge in [0.2, 0.25) is 0 Å². The van der Waals surface area contributed by atoms with Gasteiger partial charge in [0.1, 0.15) is 11.6 Å². The molecule has 3 aromatic rings. The number of pyridine rings is 2. The molecule has 0 saturated heterocycles. The quantitative estimate of drug-likeness (QED) is 0.663. The predicted molar refractivity (Wildman–Crippen MR) is 83.5 cm³/mol. The molecule has 4 heteroatoms. The number of hydrogen-bond acceptors (Lipinski definition) is 4. The Balaban J connectivity index is 2.14. The number of hydrogen-bond donors (Lipinski definition) is 0. The molecule has 0 aromatic carbocycles. The van der Waals surface area contributed by atoms with Gasteiger partial charge in [-0.25, -0.2) is 9.97 Å². The van der Waals surface area contributed by atoms with Crippen LogP contribution in [0.5, 0.6) is 0 Å². The highest BCUT2D eigenvalue weighted by Crippen LogP contribution is 2.47. The van der Waals surface area contributed by atoms with Crippen LogP contribution in [-0.2, 0) is 0 Å². The first kappa shape index (κ1) is 11.6. The van der Waals surface area contributed by atoms with Crippen molar-refractivity contribution in [2.24, 2.45) is 0 Å². The first-order chi connectivity index (χ1) is 9.90. The Morgan fingerprint density at radius 3 is 2.40 bits per heavy atom. The molecule has 0 radical (unpaired) electrons. The highest BCUT2D eigenvalue weighted by atomic mass is 32.1. The molecule has 98 valence electrons. The van der Waals surface area contributed by atoms with E-state index >= 15 is 0 Å². The van der Waals surface area contributed by atoms with Crippen molar-refractivity contribution in [2.75, 3.05) is 11.4 Å². The van der Waals surface area contributed by atoms with E-state index in [1.165, 1.54) is 21.6 Å². The van der Waals surface area contributed by atoms with Gasteiger partial charge in [-0.2, -0.15) is 0 Å². The summed E-state index contributed by atoms with van der Waals surface area (Å²) in [6.45, 7) is 2.99. The SMILES string of the molecule is CCN1c2ncccc2-c2ccsc2-c2cccnc21. The minimum absolute atomic E-state index is 0.850. The molecule has 3 nitrogen and oxygen atoms in total. The number of thiophene rings is 1. The Hall–Kier alpha value is -2.20. The lowest BCUT2D eigenvalue weighted by molar-refractivity contribution is 0.967. The highest BCUT2D eigenvalue weighted by molar-refractivity contribution is 7.14. The molecule has 0 bridgehead atoms. The van der Waals surface area contributed by atoms with Gasteiger partial charge in [0.25, 0.3) is 0 Å². The Bertz CT molecular complexity index is 717.